The van der Waals surface area contributed by atoms with Gasteiger partial charge in [0, 0.05) is 11.9 Å². The lowest BCUT2D eigenvalue weighted by molar-refractivity contribution is -0.139. The van der Waals surface area contributed by atoms with Gasteiger partial charge in [-0.15, -0.1) is 0 Å². The van der Waals surface area contributed by atoms with Crippen molar-refractivity contribution < 1.29 is 19.1 Å². The lowest BCUT2D eigenvalue weighted by Crippen LogP contribution is -2.29. The lowest BCUT2D eigenvalue weighted by Gasteiger charge is -2.25. The van der Waals surface area contributed by atoms with Gasteiger partial charge in [-0.05, 0) is 56.3 Å². The molecule has 4 rings (SSSR count). The summed E-state index contributed by atoms with van der Waals surface area (Å²) in [6.07, 6.45) is 10.4. The predicted molar refractivity (Wildman–Crippen MR) is 117 cm³/mol. The summed E-state index contributed by atoms with van der Waals surface area (Å²) in [5.41, 5.74) is 2.62. The van der Waals surface area contributed by atoms with E-state index in [1.165, 1.54) is 33.5 Å². The topological polar surface area (TPSA) is 87.8 Å². The average molecular weight is 422 g/mol. The maximum Gasteiger partial charge on any atom is 0.355 e. The second-order valence-electron chi connectivity index (χ2n) is 7.54. The zero-order valence-corrected chi connectivity index (χ0v) is 17.8. The number of nitrogens with zero attached hydrogens (tertiary/aromatic N) is 3. The van der Waals surface area contributed by atoms with Gasteiger partial charge in [-0.3, -0.25) is 4.90 Å². The molecule has 31 heavy (non-hydrogen) atoms. The summed E-state index contributed by atoms with van der Waals surface area (Å²) in [6, 6.07) is 5.68. The normalized spacial score (nSPS) is 17.2. The number of imidazole rings is 1. The molecule has 0 aliphatic carbocycles. The number of hydrogen-bond donors (Lipinski definition) is 1. The minimum atomic E-state index is -0.632. The van der Waals surface area contributed by atoms with Crippen LogP contribution in [0, 0.1) is 0 Å². The van der Waals surface area contributed by atoms with E-state index in [4.69, 9.17) is 14.5 Å². The van der Waals surface area contributed by atoms with Crippen LogP contribution in [0.25, 0.3) is 11.0 Å². The van der Waals surface area contributed by atoms with Gasteiger partial charge in [0.1, 0.15) is 11.5 Å². The summed E-state index contributed by atoms with van der Waals surface area (Å²) in [4.78, 5) is 37.1. The molecule has 1 aromatic carbocycles. The largest absolute Gasteiger partial charge is 0.465 e. The van der Waals surface area contributed by atoms with Crippen LogP contribution in [0.4, 0.5) is 5.69 Å². The number of aromatic amines is 1. The Morgan fingerprint density at radius 3 is 2.58 bits per heavy atom. The first-order chi connectivity index (χ1) is 15.1. The Hall–Kier alpha value is -3.39. The van der Waals surface area contributed by atoms with E-state index >= 15 is 0 Å². The number of carbonyl (C=O) groups excluding carboxylic acids is 2. The van der Waals surface area contributed by atoms with E-state index in [0.29, 0.717) is 5.69 Å². The molecule has 0 atom stereocenters. The summed E-state index contributed by atoms with van der Waals surface area (Å²) >= 11 is 0. The molecule has 8 heteroatoms. The van der Waals surface area contributed by atoms with Crippen molar-refractivity contribution in [3.05, 3.63) is 59.7 Å². The fraction of sp³-hybridized carbons (Fsp3) is 0.348. The smallest absolute Gasteiger partial charge is 0.355 e. The van der Waals surface area contributed by atoms with E-state index in [1.807, 2.05) is 18.2 Å². The van der Waals surface area contributed by atoms with Crippen LogP contribution in [0.15, 0.2) is 53.9 Å². The molecule has 3 heterocycles. The predicted octanol–water partition coefficient (Wildman–Crippen LogP) is 3.04. The number of likely N-dealkylation sites (tertiary alicyclic amines) is 1. The SMILES string of the molecule is COC(=O)C1=C(C(=O)OC)N(c2ccc3nc(CN4CCCCC4)[nH]c3c2)C=CC=C1. The molecule has 1 aromatic heterocycles. The van der Waals surface area contributed by atoms with Crippen LogP contribution in [-0.4, -0.2) is 54.1 Å². The number of esters is 2. The zero-order valence-electron chi connectivity index (χ0n) is 17.8. The van der Waals surface area contributed by atoms with Crippen LogP contribution in [0.3, 0.4) is 0 Å². The van der Waals surface area contributed by atoms with Gasteiger partial charge in [0.25, 0.3) is 0 Å². The highest BCUT2D eigenvalue weighted by Crippen LogP contribution is 2.29. The first-order valence-corrected chi connectivity index (χ1v) is 10.4. The number of carbonyl (C=O) groups is 2. The van der Waals surface area contributed by atoms with Gasteiger partial charge in [-0.2, -0.15) is 0 Å². The Kier molecular flexibility index (Phi) is 6.18. The molecule has 0 bridgehead atoms. The molecule has 1 fully saturated rings. The number of piperidine rings is 1. The summed E-state index contributed by atoms with van der Waals surface area (Å²) < 4.78 is 9.83. The Morgan fingerprint density at radius 1 is 1.06 bits per heavy atom. The van der Waals surface area contributed by atoms with Gasteiger partial charge >= 0.3 is 11.9 Å². The van der Waals surface area contributed by atoms with Gasteiger partial charge < -0.3 is 19.4 Å². The van der Waals surface area contributed by atoms with Crippen LogP contribution >= 0.6 is 0 Å². The lowest BCUT2D eigenvalue weighted by atomic mass is 10.1. The standard InChI is InChI=1S/C23H26N4O4/c1-30-22(28)17-8-4-7-13-27(21(17)23(29)31-2)16-9-10-18-19(14-16)25-20(24-18)15-26-11-5-3-6-12-26/h4,7-10,13-14H,3,5-6,11-12,15H2,1-2H3,(H,24,25). The molecule has 2 aliphatic rings. The number of allylic oxidation sites excluding steroid dienone is 2. The zero-order chi connectivity index (χ0) is 21.8. The maximum atomic E-state index is 12.6. The third kappa shape index (κ3) is 4.39. The van der Waals surface area contributed by atoms with E-state index in [0.717, 1.165) is 36.5 Å². The highest BCUT2D eigenvalue weighted by atomic mass is 16.5. The average Bonchev–Trinajstić information content (AvgIpc) is 3.06. The molecule has 1 N–H and O–H groups in total. The number of nitrogens with one attached hydrogen (secondary N) is 1. The fourth-order valence-electron chi connectivity index (χ4n) is 3.97. The first-order valence-electron chi connectivity index (χ1n) is 10.4. The molecule has 8 nitrogen and oxygen atoms in total. The number of ether oxygens (including phenoxy) is 2. The third-order valence-electron chi connectivity index (χ3n) is 5.50. The number of H-pyrrole nitrogens is 1. The van der Waals surface area contributed by atoms with Crippen molar-refractivity contribution in [2.75, 3.05) is 32.2 Å². The number of anilines is 1. The van der Waals surface area contributed by atoms with Gasteiger partial charge in [-0.25, -0.2) is 14.6 Å². The molecular weight excluding hydrogens is 396 g/mol. The van der Waals surface area contributed by atoms with Crippen molar-refractivity contribution >= 4 is 28.7 Å². The van der Waals surface area contributed by atoms with Crippen LogP contribution in [-0.2, 0) is 25.6 Å². The van der Waals surface area contributed by atoms with Gasteiger partial charge in [0.2, 0.25) is 0 Å². The number of methoxy groups -OCH3 is 2. The molecule has 0 unspecified atom stereocenters. The highest BCUT2D eigenvalue weighted by Gasteiger charge is 2.27. The Morgan fingerprint density at radius 2 is 1.84 bits per heavy atom. The van der Waals surface area contributed by atoms with Crippen LogP contribution in [0.5, 0.6) is 0 Å². The second-order valence-corrected chi connectivity index (χ2v) is 7.54. The monoisotopic (exact) mass is 422 g/mol. The summed E-state index contributed by atoms with van der Waals surface area (Å²) in [6.45, 7) is 2.98. The molecule has 0 radical (unpaired) electrons. The van der Waals surface area contributed by atoms with Crippen molar-refractivity contribution in [1.82, 2.24) is 14.9 Å². The molecule has 0 saturated carbocycles. The number of rotatable bonds is 5. The highest BCUT2D eigenvalue weighted by molar-refractivity contribution is 6.05. The van der Waals surface area contributed by atoms with Crippen LogP contribution in [0.1, 0.15) is 25.1 Å². The second kappa shape index (κ2) is 9.18. The van der Waals surface area contributed by atoms with Crippen molar-refractivity contribution in [1.29, 1.82) is 0 Å². The van der Waals surface area contributed by atoms with Crippen molar-refractivity contribution in [3.8, 4) is 0 Å². The number of hydrogen-bond acceptors (Lipinski definition) is 7. The van der Waals surface area contributed by atoms with Crippen molar-refractivity contribution in [3.63, 3.8) is 0 Å². The van der Waals surface area contributed by atoms with Gasteiger partial charge in [0.05, 0.1) is 37.4 Å². The molecule has 0 amide bonds. The Bertz CT molecular complexity index is 1080. The van der Waals surface area contributed by atoms with E-state index in [9.17, 15) is 9.59 Å². The van der Waals surface area contributed by atoms with Gasteiger partial charge in [0.15, 0.2) is 0 Å². The molecule has 162 valence electrons. The summed E-state index contributed by atoms with van der Waals surface area (Å²) in [5.74, 6) is -0.329. The molecule has 2 aromatic rings. The summed E-state index contributed by atoms with van der Waals surface area (Å²) in [5, 5.41) is 0. The van der Waals surface area contributed by atoms with Gasteiger partial charge in [-0.1, -0.05) is 12.5 Å². The van der Waals surface area contributed by atoms with Crippen LogP contribution in [0.2, 0.25) is 0 Å². The van der Waals surface area contributed by atoms with E-state index in [2.05, 4.69) is 9.88 Å². The van der Waals surface area contributed by atoms with Crippen molar-refractivity contribution in [2.45, 2.75) is 25.8 Å². The third-order valence-corrected chi connectivity index (χ3v) is 5.50. The molecular formula is C23H26N4O4. The first kappa shape index (κ1) is 20.9. The number of benzene rings is 1. The quantitative estimate of drug-likeness (QED) is 0.741. The van der Waals surface area contributed by atoms with E-state index in [-0.39, 0.29) is 11.3 Å². The Labute approximate surface area is 180 Å². The minimum Gasteiger partial charge on any atom is -0.465 e. The Balaban J connectivity index is 1.70. The maximum absolute atomic E-state index is 12.6. The van der Waals surface area contributed by atoms with E-state index < -0.39 is 11.9 Å². The van der Waals surface area contributed by atoms with Crippen LogP contribution < -0.4 is 4.90 Å². The minimum absolute atomic E-state index is 0.0896. The fourth-order valence-corrected chi connectivity index (χ4v) is 3.97. The number of fused-ring (bicyclic) bond motifs is 1. The molecule has 2 aliphatic heterocycles. The van der Waals surface area contributed by atoms with E-state index in [1.54, 1.807) is 29.3 Å². The molecule has 0 spiro atoms. The van der Waals surface area contributed by atoms with Crippen molar-refractivity contribution in [2.24, 2.45) is 0 Å². The number of aromatic nitrogens is 2. The summed E-state index contributed by atoms with van der Waals surface area (Å²) in [7, 11) is 2.56. The molecule has 1 saturated heterocycles.